The standard InChI is InChI=1S/C23H21F3N4O2/c1-13-9-18-20(19(31)10-13)21(27-16-7-4-8-17(12-16)32-2)30-22(29-18)28-15-6-3-5-14(11-15)23(24,25)26/h3-8,11-13H,9-10H2,1-2H3,(H2,27,28,29,30). The summed E-state index contributed by atoms with van der Waals surface area (Å²) in [6.07, 6.45) is -3.52. The number of anilines is 4. The van der Waals surface area contributed by atoms with Crippen LogP contribution >= 0.6 is 0 Å². The second-order valence-electron chi connectivity index (χ2n) is 7.71. The minimum Gasteiger partial charge on any atom is -0.497 e. The Morgan fingerprint density at radius 1 is 1.00 bits per heavy atom. The molecular weight excluding hydrogens is 421 g/mol. The van der Waals surface area contributed by atoms with Crippen LogP contribution in [0.3, 0.4) is 0 Å². The van der Waals surface area contributed by atoms with Crippen LogP contribution < -0.4 is 15.4 Å². The van der Waals surface area contributed by atoms with E-state index in [1.807, 2.05) is 6.92 Å². The molecule has 0 spiro atoms. The van der Waals surface area contributed by atoms with Crippen molar-refractivity contribution in [3.63, 3.8) is 0 Å². The molecule has 1 aromatic heterocycles. The number of carbonyl (C=O) groups excluding carboxylic acids is 1. The molecule has 2 N–H and O–H groups in total. The number of rotatable bonds is 5. The van der Waals surface area contributed by atoms with Crippen molar-refractivity contribution >= 4 is 28.9 Å². The molecule has 0 bridgehead atoms. The lowest BCUT2D eigenvalue weighted by Gasteiger charge is -2.23. The first-order valence-electron chi connectivity index (χ1n) is 10.0. The van der Waals surface area contributed by atoms with Gasteiger partial charge in [0.05, 0.1) is 23.9 Å². The highest BCUT2D eigenvalue weighted by Gasteiger charge is 2.31. The molecule has 0 radical (unpaired) electrons. The van der Waals surface area contributed by atoms with E-state index in [2.05, 4.69) is 20.6 Å². The van der Waals surface area contributed by atoms with Gasteiger partial charge in [-0.3, -0.25) is 4.79 Å². The van der Waals surface area contributed by atoms with E-state index in [4.69, 9.17) is 4.74 Å². The molecular formula is C23H21F3N4O2. The summed E-state index contributed by atoms with van der Waals surface area (Å²) in [6, 6.07) is 11.9. The summed E-state index contributed by atoms with van der Waals surface area (Å²) in [5.74, 6) is 1.07. The molecule has 0 aliphatic heterocycles. The van der Waals surface area contributed by atoms with Crippen LogP contribution in [-0.4, -0.2) is 22.9 Å². The zero-order chi connectivity index (χ0) is 22.9. The molecule has 0 saturated heterocycles. The van der Waals surface area contributed by atoms with Crippen molar-refractivity contribution < 1.29 is 22.7 Å². The van der Waals surface area contributed by atoms with E-state index < -0.39 is 11.7 Å². The van der Waals surface area contributed by atoms with E-state index in [0.29, 0.717) is 41.4 Å². The number of hydrogen-bond acceptors (Lipinski definition) is 6. The van der Waals surface area contributed by atoms with Gasteiger partial charge in [-0.25, -0.2) is 4.98 Å². The van der Waals surface area contributed by atoms with Crippen molar-refractivity contribution in [3.8, 4) is 5.75 Å². The second kappa shape index (κ2) is 8.49. The number of nitrogens with zero attached hydrogens (tertiary/aromatic N) is 2. The Labute approximate surface area is 182 Å². The van der Waals surface area contributed by atoms with Crippen LogP contribution in [0.1, 0.15) is 35.0 Å². The van der Waals surface area contributed by atoms with Crippen molar-refractivity contribution in [1.82, 2.24) is 9.97 Å². The number of carbonyl (C=O) groups is 1. The molecule has 1 aliphatic rings. The summed E-state index contributed by atoms with van der Waals surface area (Å²) in [6.45, 7) is 1.96. The fraction of sp³-hybridized carbons (Fsp3) is 0.261. The van der Waals surface area contributed by atoms with Gasteiger partial charge < -0.3 is 15.4 Å². The van der Waals surface area contributed by atoms with Crippen LogP contribution in [0.5, 0.6) is 5.75 Å². The zero-order valence-electron chi connectivity index (χ0n) is 17.5. The molecule has 1 aliphatic carbocycles. The number of Topliss-reactive ketones (excluding diaryl/α,β-unsaturated/α-hetero) is 1. The van der Waals surface area contributed by atoms with Gasteiger partial charge in [0.1, 0.15) is 11.6 Å². The summed E-state index contributed by atoms with van der Waals surface area (Å²) < 4.78 is 44.4. The number of halogens is 3. The van der Waals surface area contributed by atoms with E-state index in [-0.39, 0.29) is 23.3 Å². The lowest BCUT2D eigenvalue weighted by molar-refractivity contribution is -0.137. The van der Waals surface area contributed by atoms with E-state index in [0.717, 1.165) is 12.1 Å². The third kappa shape index (κ3) is 4.66. The first-order valence-corrected chi connectivity index (χ1v) is 10.0. The quantitative estimate of drug-likeness (QED) is 0.524. The maximum Gasteiger partial charge on any atom is 0.416 e. The van der Waals surface area contributed by atoms with Gasteiger partial charge in [0, 0.05) is 23.9 Å². The number of ketones is 1. The third-order valence-corrected chi connectivity index (χ3v) is 5.12. The van der Waals surface area contributed by atoms with Crippen molar-refractivity contribution in [2.24, 2.45) is 5.92 Å². The highest BCUT2D eigenvalue weighted by molar-refractivity contribution is 6.03. The minimum absolute atomic E-state index is 0.0743. The van der Waals surface area contributed by atoms with Crippen LogP contribution in [0.2, 0.25) is 0 Å². The predicted octanol–water partition coefficient (Wildman–Crippen LogP) is 5.76. The Hall–Kier alpha value is -3.62. The average Bonchev–Trinajstić information content (AvgIpc) is 2.73. The Balaban J connectivity index is 1.73. The normalized spacial score (nSPS) is 15.8. The first-order chi connectivity index (χ1) is 15.2. The summed E-state index contributed by atoms with van der Waals surface area (Å²) in [5, 5.41) is 5.99. The van der Waals surface area contributed by atoms with Gasteiger partial charge in [0.15, 0.2) is 5.78 Å². The number of benzene rings is 2. The van der Waals surface area contributed by atoms with Crippen LogP contribution in [0.25, 0.3) is 0 Å². The molecule has 3 aromatic rings. The molecule has 0 saturated carbocycles. The molecule has 6 nitrogen and oxygen atoms in total. The van der Waals surface area contributed by atoms with Crippen molar-refractivity contribution in [2.75, 3.05) is 17.7 Å². The van der Waals surface area contributed by atoms with Crippen LogP contribution in [0.15, 0.2) is 48.5 Å². The Morgan fingerprint density at radius 3 is 2.44 bits per heavy atom. The number of fused-ring (bicyclic) bond motifs is 1. The summed E-state index contributed by atoms with van der Waals surface area (Å²) in [5.41, 5.74) is 1.03. The number of ether oxygens (including phenoxy) is 1. The minimum atomic E-state index is -4.46. The highest BCUT2D eigenvalue weighted by atomic mass is 19.4. The third-order valence-electron chi connectivity index (χ3n) is 5.12. The van der Waals surface area contributed by atoms with Gasteiger partial charge in [0.2, 0.25) is 5.95 Å². The van der Waals surface area contributed by atoms with E-state index in [1.54, 1.807) is 31.4 Å². The van der Waals surface area contributed by atoms with E-state index >= 15 is 0 Å². The number of aromatic nitrogens is 2. The number of methoxy groups -OCH3 is 1. The van der Waals surface area contributed by atoms with Gasteiger partial charge in [0.25, 0.3) is 0 Å². The molecule has 0 fully saturated rings. The van der Waals surface area contributed by atoms with E-state index in [1.165, 1.54) is 12.1 Å². The Bertz CT molecular complexity index is 1160. The van der Waals surface area contributed by atoms with Gasteiger partial charge in [-0.05, 0) is 42.7 Å². The van der Waals surface area contributed by atoms with Gasteiger partial charge in [-0.2, -0.15) is 18.2 Å². The molecule has 166 valence electrons. The summed E-state index contributed by atoms with van der Waals surface area (Å²) in [7, 11) is 1.55. The monoisotopic (exact) mass is 442 g/mol. The topological polar surface area (TPSA) is 76.1 Å². The predicted molar refractivity (Wildman–Crippen MR) is 115 cm³/mol. The molecule has 9 heteroatoms. The first kappa shape index (κ1) is 21.6. The number of alkyl halides is 3. The largest absolute Gasteiger partial charge is 0.497 e. The van der Waals surface area contributed by atoms with Crippen molar-refractivity contribution in [2.45, 2.75) is 25.9 Å². The average molecular weight is 442 g/mol. The fourth-order valence-corrected chi connectivity index (χ4v) is 3.65. The van der Waals surface area contributed by atoms with Crippen LogP contribution in [0, 0.1) is 5.92 Å². The lowest BCUT2D eigenvalue weighted by Crippen LogP contribution is -2.22. The second-order valence-corrected chi connectivity index (χ2v) is 7.71. The van der Waals surface area contributed by atoms with Crippen molar-refractivity contribution in [3.05, 3.63) is 65.4 Å². The van der Waals surface area contributed by atoms with Crippen LogP contribution in [-0.2, 0) is 12.6 Å². The van der Waals surface area contributed by atoms with Crippen molar-refractivity contribution in [1.29, 1.82) is 0 Å². The molecule has 2 aromatic carbocycles. The van der Waals surface area contributed by atoms with Gasteiger partial charge >= 0.3 is 6.18 Å². The molecule has 1 heterocycles. The fourth-order valence-electron chi connectivity index (χ4n) is 3.65. The SMILES string of the molecule is COc1cccc(Nc2nc(Nc3cccc(C(F)(F)F)c3)nc3c2C(=O)CC(C)C3)c1. The summed E-state index contributed by atoms with van der Waals surface area (Å²) in [4.78, 5) is 21.6. The summed E-state index contributed by atoms with van der Waals surface area (Å²) >= 11 is 0. The zero-order valence-corrected chi connectivity index (χ0v) is 17.5. The number of hydrogen-bond donors (Lipinski definition) is 2. The smallest absolute Gasteiger partial charge is 0.416 e. The maximum absolute atomic E-state index is 13.1. The highest BCUT2D eigenvalue weighted by Crippen LogP contribution is 2.34. The number of nitrogens with one attached hydrogen (secondary N) is 2. The molecule has 1 atom stereocenters. The molecule has 1 unspecified atom stereocenters. The van der Waals surface area contributed by atoms with Gasteiger partial charge in [-0.15, -0.1) is 0 Å². The molecule has 4 rings (SSSR count). The lowest BCUT2D eigenvalue weighted by atomic mass is 9.87. The van der Waals surface area contributed by atoms with Gasteiger partial charge in [-0.1, -0.05) is 19.1 Å². The maximum atomic E-state index is 13.1. The van der Waals surface area contributed by atoms with E-state index in [9.17, 15) is 18.0 Å². The Morgan fingerprint density at radius 2 is 1.72 bits per heavy atom. The Kier molecular flexibility index (Phi) is 5.73. The molecule has 32 heavy (non-hydrogen) atoms. The van der Waals surface area contributed by atoms with Crippen LogP contribution in [0.4, 0.5) is 36.3 Å². The molecule has 0 amide bonds.